The number of carbonyl (C=O) groups excluding carboxylic acids is 1. The summed E-state index contributed by atoms with van der Waals surface area (Å²) in [5, 5.41) is 2.81. The van der Waals surface area contributed by atoms with Crippen molar-refractivity contribution < 1.29 is 22.7 Å². The summed E-state index contributed by atoms with van der Waals surface area (Å²) in [7, 11) is -3.81. The Morgan fingerprint density at radius 1 is 1.18 bits per heavy atom. The maximum absolute atomic E-state index is 12.9. The van der Waals surface area contributed by atoms with Gasteiger partial charge < -0.3 is 14.8 Å². The van der Waals surface area contributed by atoms with Gasteiger partial charge in [-0.3, -0.25) is 4.79 Å². The van der Waals surface area contributed by atoms with Crippen LogP contribution in [0.15, 0.2) is 47.4 Å². The van der Waals surface area contributed by atoms with Crippen LogP contribution in [0.25, 0.3) is 0 Å². The molecule has 0 aliphatic carbocycles. The summed E-state index contributed by atoms with van der Waals surface area (Å²) in [6.45, 7) is 3.60. The van der Waals surface area contributed by atoms with Gasteiger partial charge in [-0.15, -0.1) is 0 Å². The molecular formula is C19H21ClN2O5S. The molecular weight excluding hydrogens is 404 g/mol. The number of carbonyl (C=O) groups is 1. The van der Waals surface area contributed by atoms with Gasteiger partial charge in [-0.05, 0) is 49.4 Å². The molecule has 150 valence electrons. The maximum Gasteiger partial charge on any atom is 0.255 e. The Hall–Kier alpha value is -2.13. The van der Waals surface area contributed by atoms with Gasteiger partial charge in [0.15, 0.2) is 0 Å². The number of benzene rings is 2. The number of halogens is 1. The predicted molar refractivity (Wildman–Crippen MR) is 107 cm³/mol. The van der Waals surface area contributed by atoms with Crippen molar-refractivity contribution in [3.63, 3.8) is 0 Å². The van der Waals surface area contributed by atoms with Crippen LogP contribution in [0.5, 0.6) is 5.75 Å². The van der Waals surface area contributed by atoms with Crippen LogP contribution in [-0.4, -0.2) is 51.5 Å². The van der Waals surface area contributed by atoms with E-state index in [1.165, 1.54) is 22.5 Å². The Labute approximate surface area is 169 Å². The third-order valence-electron chi connectivity index (χ3n) is 4.20. The Kier molecular flexibility index (Phi) is 6.56. The first-order valence-electron chi connectivity index (χ1n) is 8.83. The molecule has 0 aromatic heterocycles. The number of anilines is 1. The highest BCUT2D eigenvalue weighted by molar-refractivity contribution is 7.89. The van der Waals surface area contributed by atoms with Crippen LogP contribution in [0.1, 0.15) is 17.3 Å². The van der Waals surface area contributed by atoms with Crippen LogP contribution in [0.2, 0.25) is 5.02 Å². The molecule has 0 spiro atoms. The quantitative estimate of drug-likeness (QED) is 0.770. The summed E-state index contributed by atoms with van der Waals surface area (Å²) in [4.78, 5) is 12.5. The number of nitrogens with one attached hydrogen (secondary N) is 1. The van der Waals surface area contributed by atoms with E-state index >= 15 is 0 Å². The Bertz CT molecular complexity index is 941. The van der Waals surface area contributed by atoms with E-state index in [1.807, 2.05) is 6.92 Å². The van der Waals surface area contributed by atoms with E-state index in [2.05, 4.69) is 5.32 Å². The van der Waals surface area contributed by atoms with Crippen molar-refractivity contribution in [2.75, 3.05) is 38.2 Å². The molecule has 1 saturated heterocycles. The maximum atomic E-state index is 12.9. The molecule has 0 atom stereocenters. The Morgan fingerprint density at radius 2 is 1.86 bits per heavy atom. The molecule has 3 rings (SSSR count). The number of rotatable bonds is 6. The lowest BCUT2D eigenvalue weighted by atomic mass is 10.2. The minimum Gasteiger partial charge on any atom is -0.494 e. The summed E-state index contributed by atoms with van der Waals surface area (Å²) in [5.41, 5.74) is 0.770. The van der Waals surface area contributed by atoms with E-state index in [0.29, 0.717) is 31.3 Å². The largest absolute Gasteiger partial charge is 0.494 e. The lowest BCUT2D eigenvalue weighted by Crippen LogP contribution is -2.40. The highest BCUT2D eigenvalue weighted by Crippen LogP contribution is 2.27. The highest BCUT2D eigenvalue weighted by atomic mass is 35.5. The number of amides is 1. The molecule has 1 heterocycles. The molecule has 1 N–H and O–H groups in total. The molecule has 1 aliphatic heterocycles. The number of hydrogen-bond donors (Lipinski definition) is 1. The molecule has 1 fully saturated rings. The standard InChI is InChI=1S/C19H21ClN2O5S/c1-2-27-16-6-4-15(5-7-16)21-19(23)14-3-8-17(20)18(13-14)28(24,25)22-9-11-26-12-10-22/h3-8,13H,2,9-12H2,1H3,(H,21,23). The number of ether oxygens (including phenoxy) is 2. The van der Waals surface area contributed by atoms with E-state index < -0.39 is 15.9 Å². The Balaban J connectivity index is 1.81. The first-order chi connectivity index (χ1) is 13.4. The molecule has 9 heteroatoms. The average Bonchev–Trinajstić information content (AvgIpc) is 2.70. The van der Waals surface area contributed by atoms with E-state index in [4.69, 9.17) is 21.1 Å². The molecule has 1 amide bonds. The molecule has 1 aliphatic rings. The predicted octanol–water partition coefficient (Wildman–Crippen LogP) is 3.01. The third kappa shape index (κ3) is 4.64. The zero-order valence-corrected chi connectivity index (χ0v) is 16.9. The van der Waals surface area contributed by atoms with Crippen LogP contribution >= 0.6 is 11.6 Å². The van der Waals surface area contributed by atoms with Gasteiger partial charge >= 0.3 is 0 Å². The summed E-state index contributed by atoms with van der Waals surface area (Å²) in [6, 6.07) is 11.1. The molecule has 2 aromatic rings. The number of nitrogens with zero attached hydrogens (tertiary/aromatic N) is 1. The molecule has 0 unspecified atom stereocenters. The van der Waals surface area contributed by atoms with Crippen LogP contribution < -0.4 is 10.1 Å². The van der Waals surface area contributed by atoms with Crippen molar-refractivity contribution in [2.24, 2.45) is 0 Å². The molecule has 7 nitrogen and oxygen atoms in total. The summed E-state index contributed by atoms with van der Waals surface area (Å²) < 4.78 is 37.6. The van der Waals surface area contributed by atoms with E-state index in [9.17, 15) is 13.2 Å². The first-order valence-corrected chi connectivity index (χ1v) is 10.7. The SMILES string of the molecule is CCOc1ccc(NC(=O)c2ccc(Cl)c(S(=O)(=O)N3CCOCC3)c2)cc1. The molecule has 0 saturated carbocycles. The lowest BCUT2D eigenvalue weighted by Gasteiger charge is -2.26. The van der Waals surface area contributed by atoms with E-state index in [1.54, 1.807) is 24.3 Å². The Morgan fingerprint density at radius 3 is 2.50 bits per heavy atom. The topological polar surface area (TPSA) is 84.9 Å². The second-order valence-electron chi connectivity index (χ2n) is 6.07. The van der Waals surface area contributed by atoms with Crippen molar-refractivity contribution in [3.8, 4) is 5.75 Å². The number of morpholine rings is 1. The number of sulfonamides is 1. The fourth-order valence-electron chi connectivity index (χ4n) is 2.77. The lowest BCUT2D eigenvalue weighted by molar-refractivity contribution is 0.0730. The zero-order chi connectivity index (χ0) is 20.1. The van der Waals surface area contributed by atoms with Gasteiger partial charge in [-0.2, -0.15) is 4.31 Å². The van der Waals surface area contributed by atoms with Crippen LogP contribution in [0.4, 0.5) is 5.69 Å². The van der Waals surface area contributed by atoms with Gasteiger partial charge in [-0.1, -0.05) is 11.6 Å². The van der Waals surface area contributed by atoms with Gasteiger partial charge in [0.05, 0.1) is 24.8 Å². The minimum absolute atomic E-state index is 0.0732. The van der Waals surface area contributed by atoms with Crippen LogP contribution in [0, 0.1) is 0 Å². The second kappa shape index (κ2) is 8.91. The highest BCUT2D eigenvalue weighted by Gasteiger charge is 2.29. The van der Waals surface area contributed by atoms with Crippen molar-refractivity contribution in [2.45, 2.75) is 11.8 Å². The van der Waals surface area contributed by atoms with Crippen LogP contribution in [0.3, 0.4) is 0 Å². The summed E-state index contributed by atoms with van der Waals surface area (Å²) >= 11 is 6.13. The molecule has 2 aromatic carbocycles. The summed E-state index contributed by atoms with van der Waals surface area (Å²) in [5.74, 6) is 0.269. The normalized spacial score (nSPS) is 15.2. The molecule has 0 bridgehead atoms. The summed E-state index contributed by atoms with van der Waals surface area (Å²) in [6.07, 6.45) is 0. The van der Waals surface area contributed by atoms with Gasteiger partial charge in [-0.25, -0.2) is 8.42 Å². The van der Waals surface area contributed by atoms with Gasteiger partial charge in [0.2, 0.25) is 10.0 Å². The van der Waals surface area contributed by atoms with Crippen molar-refractivity contribution in [3.05, 3.63) is 53.1 Å². The van der Waals surface area contributed by atoms with Crippen molar-refractivity contribution in [1.29, 1.82) is 0 Å². The molecule has 0 radical (unpaired) electrons. The zero-order valence-electron chi connectivity index (χ0n) is 15.4. The number of hydrogen-bond acceptors (Lipinski definition) is 5. The van der Waals surface area contributed by atoms with Crippen molar-refractivity contribution >= 4 is 33.2 Å². The molecule has 28 heavy (non-hydrogen) atoms. The first kappa shape index (κ1) is 20.6. The van der Waals surface area contributed by atoms with Crippen LogP contribution in [-0.2, 0) is 14.8 Å². The smallest absolute Gasteiger partial charge is 0.255 e. The fraction of sp³-hybridized carbons (Fsp3) is 0.316. The van der Waals surface area contributed by atoms with E-state index in [-0.39, 0.29) is 28.6 Å². The fourth-order valence-corrected chi connectivity index (χ4v) is 4.68. The van der Waals surface area contributed by atoms with Gasteiger partial charge in [0.1, 0.15) is 10.6 Å². The van der Waals surface area contributed by atoms with Crippen molar-refractivity contribution in [1.82, 2.24) is 4.31 Å². The second-order valence-corrected chi connectivity index (χ2v) is 8.39. The van der Waals surface area contributed by atoms with E-state index in [0.717, 1.165) is 0 Å². The van der Waals surface area contributed by atoms with Gasteiger partial charge in [0, 0.05) is 24.3 Å². The van der Waals surface area contributed by atoms with Gasteiger partial charge in [0.25, 0.3) is 5.91 Å². The monoisotopic (exact) mass is 424 g/mol. The third-order valence-corrected chi connectivity index (χ3v) is 6.58. The average molecular weight is 425 g/mol. The minimum atomic E-state index is -3.81.